The number of methoxy groups -OCH3 is 1. The number of hydrogen-bond donors (Lipinski definition) is 1. The maximum Gasteiger partial charge on any atom is 0.0837 e. The van der Waals surface area contributed by atoms with E-state index < -0.39 is 0 Å². The topological polar surface area (TPSA) is 39.1 Å². The van der Waals surface area contributed by atoms with Crippen molar-refractivity contribution in [1.82, 2.24) is 15.1 Å². The lowest BCUT2D eigenvalue weighted by Crippen LogP contribution is -2.23. The van der Waals surface area contributed by atoms with Gasteiger partial charge in [-0.05, 0) is 31.2 Å². The van der Waals surface area contributed by atoms with Gasteiger partial charge in [0.1, 0.15) is 0 Å². The molecule has 0 amide bonds. The van der Waals surface area contributed by atoms with Gasteiger partial charge >= 0.3 is 0 Å². The van der Waals surface area contributed by atoms with Crippen LogP contribution in [-0.2, 0) is 11.3 Å². The third kappa shape index (κ3) is 3.66. The van der Waals surface area contributed by atoms with Gasteiger partial charge in [0.15, 0.2) is 0 Å². The Balaban J connectivity index is 2.43. The Morgan fingerprint density at radius 1 is 1.48 bits per heavy atom. The van der Waals surface area contributed by atoms with E-state index in [0.717, 1.165) is 15.7 Å². The van der Waals surface area contributed by atoms with Gasteiger partial charge < -0.3 is 10.1 Å². The molecule has 1 unspecified atom stereocenters. The van der Waals surface area contributed by atoms with Crippen LogP contribution in [0.15, 0.2) is 28.9 Å². The monoisotopic (exact) mass is 371 g/mol. The first-order valence-electron chi connectivity index (χ1n) is 6.72. The number of ether oxygens (including phenoxy) is 1. The largest absolute Gasteiger partial charge is 0.383 e. The molecule has 114 valence electrons. The predicted octanol–water partition coefficient (Wildman–Crippen LogP) is 3.56. The third-order valence-electron chi connectivity index (χ3n) is 3.37. The van der Waals surface area contributed by atoms with E-state index in [1.54, 1.807) is 13.3 Å². The van der Waals surface area contributed by atoms with Crippen molar-refractivity contribution in [3.8, 4) is 0 Å². The van der Waals surface area contributed by atoms with Crippen LogP contribution >= 0.6 is 27.5 Å². The van der Waals surface area contributed by atoms with Gasteiger partial charge in [0, 0.05) is 11.6 Å². The first-order valence-corrected chi connectivity index (χ1v) is 7.89. The number of aryl methyl sites for hydroxylation is 1. The molecule has 1 atom stereocenters. The van der Waals surface area contributed by atoms with Crippen LogP contribution in [0.2, 0.25) is 5.02 Å². The fourth-order valence-corrected chi connectivity index (χ4v) is 3.29. The molecule has 1 heterocycles. The summed E-state index contributed by atoms with van der Waals surface area (Å²) < 4.78 is 8.08. The van der Waals surface area contributed by atoms with Gasteiger partial charge in [-0.2, -0.15) is 5.10 Å². The van der Waals surface area contributed by atoms with Crippen molar-refractivity contribution in [2.45, 2.75) is 19.5 Å². The van der Waals surface area contributed by atoms with Crippen molar-refractivity contribution >= 4 is 27.5 Å². The maximum atomic E-state index is 6.35. The molecule has 2 aromatic rings. The Bertz CT molecular complexity index is 615. The summed E-state index contributed by atoms with van der Waals surface area (Å²) in [4.78, 5) is 0. The van der Waals surface area contributed by atoms with Crippen LogP contribution in [-0.4, -0.2) is 30.5 Å². The van der Waals surface area contributed by atoms with E-state index in [-0.39, 0.29) is 6.04 Å². The minimum atomic E-state index is -0.0353. The zero-order valence-electron chi connectivity index (χ0n) is 12.4. The highest BCUT2D eigenvalue weighted by Gasteiger charge is 2.22. The second-order valence-electron chi connectivity index (χ2n) is 4.84. The molecule has 2 rings (SSSR count). The summed E-state index contributed by atoms with van der Waals surface area (Å²) in [5, 5.41) is 8.32. The van der Waals surface area contributed by atoms with E-state index in [1.807, 2.05) is 11.7 Å². The molecule has 21 heavy (non-hydrogen) atoms. The van der Waals surface area contributed by atoms with Gasteiger partial charge in [-0.15, -0.1) is 0 Å². The van der Waals surface area contributed by atoms with Crippen LogP contribution in [0.5, 0.6) is 0 Å². The summed E-state index contributed by atoms with van der Waals surface area (Å²) in [5.41, 5.74) is 3.28. The SMILES string of the molecule is CNC(c1ccc(C)cc1Br)c1c(Cl)cnn1CCOC. The molecule has 0 saturated heterocycles. The van der Waals surface area contributed by atoms with Crippen molar-refractivity contribution in [3.63, 3.8) is 0 Å². The zero-order chi connectivity index (χ0) is 15.4. The van der Waals surface area contributed by atoms with Gasteiger partial charge in [-0.3, -0.25) is 4.68 Å². The van der Waals surface area contributed by atoms with E-state index in [1.165, 1.54) is 5.56 Å². The molecule has 6 heteroatoms. The molecule has 1 aromatic heterocycles. The lowest BCUT2D eigenvalue weighted by Gasteiger charge is -2.20. The minimum absolute atomic E-state index is 0.0353. The van der Waals surface area contributed by atoms with Crippen LogP contribution in [0.4, 0.5) is 0 Å². The normalized spacial score (nSPS) is 12.6. The van der Waals surface area contributed by atoms with Gasteiger partial charge in [0.25, 0.3) is 0 Å². The molecule has 1 N–H and O–H groups in total. The number of hydrogen-bond acceptors (Lipinski definition) is 3. The summed E-state index contributed by atoms with van der Waals surface area (Å²) >= 11 is 9.99. The molecule has 0 fully saturated rings. The molecular formula is C15H19BrClN3O. The quantitative estimate of drug-likeness (QED) is 0.842. The van der Waals surface area contributed by atoms with Crippen molar-refractivity contribution in [2.75, 3.05) is 20.8 Å². The summed E-state index contributed by atoms with van der Waals surface area (Å²) in [7, 11) is 3.60. The fraction of sp³-hybridized carbons (Fsp3) is 0.400. The Morgan fingerprint density at radius 2 is 2.24 bits per heavy atom. The maximum absolute atomic E-state index is 6.35. The van der Waals surface area contributed by atoms with Crippen molar-refractivity contribution in [3.05, 3.63) is 50.7 Å². The molecule has 0 aliphatic heterocycles. The first-order chi connectivity index (χ1) is 10.1. The second kappa shape index (κ2) is 7.40. The summed E-state index contributed by atoms with van der Waals surface area (Å²) in [6.07, 6.45) is 1.68. The molecule has 0 spiro atoms. The molecule has 0 aliphatic rings. The van der Waals surface area contributed by atoms with E-state index >= 15 is 0 Å². The lowest BCUT2D eigenvalue weighted by molar-refractivity contribution is 0.182. The van der Waals surface area contributed by atoms with Gasteiger partial charge in [0.05, 0.1) is 36.1 Å². The lowest BCUT2D eigenvalue weighted by atomic mass is 10.0. The molecule has 0 saturated carbocycles. The highest BCUT2D eigenvalue weighted by atomic mass is 79.9. The molecular weight excluding hydrogens is 354 g/mol. The highest BCUT2D eigenvalue weighted by Crippen LogP contribution is 2.32. The summed E-state index contributed by atoms with van der Waals surface area (Å²) in [6.45, 7) is 3.33. The average molecular weight is 373 g/mol. The molecule has 4 nitrogen and oxygen atoms in total. The molecule has 0 bridgehead atoms. The number of nitrogens with one attached hydrogen (secondary N) is 1. The van der Waals surface area contributed by atoms with Crippen LogP contribution in [0, 0.1) is 6.92 Å². The van der Waals surface area contributed by atoms with Crippen LogP contribution in [0.25, 0.3) is 0 Å². The number of rotatable bonds is 6. The molecule has 1 aromatic carbocycles. The first kappa shape index (κ1) is 16.5. The van der Waals surface area contributed by atoms with E-state index in [4.69, 9.17) is 16.3 Å². The van der Waals surface area contributed by atoms with Crippen molar-refractivity contribution in [2.24, 2.45) is 0 Å². The van der Waals surface area contributed by atoms with Crippen molar-refractivity contribution in [1.29, 1.82) is 0 Å². The van der Waals surface area contributed by atoms with Crippen LogP contribution in [0.3, 0.4) is 0 Å². The Morgan fingerprint density at radius 3 is 2.86 bits per heavy atom. The molecule has 0 radical (unpaired) electrons. The number of nitrogens with zero attached hydrogens (tertiary/aromatic N) is 2. The van der Waals surface area contributed by atoms with E-state index in [0.29, 0.717) is 18.2 Å². The fourth-order valence-electron chi connectivity index (χ4n) is 2.32. The standard InChI is InChI=1S/C15H19BrClN3O/c1-10-4-5-11(12(16)8-10)14(18-2)15-13(17)9-19-20(15)6-7-21-3/h4-5,8-9,14,18H,6-7H2,1-3H3. The summed E-state index contributed by atoms with van der Waals surface area (Å²) in [6, 6.07) is 6.26. The van der Waals surface area contributed by atoms with Crippen LogP contribution < -0.4 is 5.32 Å². The minimum Gasteiger partial charge on any atom is -0.383 e. The summed E-state index contributed by atoms with van der Waals surface area (Å²) in [5.74, 6) is 0. The second-order valence-corrected chi connectivity index (χ2v) is 6.10. The van der Waals surface area contributed by atoms with Crippen LogP contribution in [0.1, 0.15) is 22.9 Å². The average Bonchev–Trinajstić information content (AvgIpc) is 2.81. The zero-order valence-corrected chi connectivity index (χ0v) is 14.7. The van der Waals surface area contributed by atoms with E-state index in [2.05, 4.69) is 51.5 Å². The Kier molecular flexibility index (Phi) is 5.81. The number of benzene rings is 1. The van der Waals surface area contributed by atoms with Gasteiger partial charge in [0.2, 0.25) is 0 Å². The smallest absolute Gasteiger partial charge is 0.0837 e. The Labute approximate surface area is 138 Å². The number of aromatic nitrogens is 2. The highest BCUT2D eigenvalue weighted by molar-refractivity contribution is 9.10. The third-order valence-corrected chi connectivity index (χ3v) is 4.35. The van der Waals surface area contributed by atoms with Gasteiger partial charge in [-0.25, -0.2) is 0 Å². The van der Waals surface area contributed by atoms with Gasteiger partial charge in [-0.1, -0.05) is 39.7 Å². The number of halogens is 2. The van der Waals surface area contributed by atoms with E-state index in [9.17, 15) is 0 Å². The van der Waals surface area contributed by atoms with Crippen molar-refractivity contribution < 1.29 is 4.74 Å². The molecule has 0 aliphatic carbocycles. The Hall–Kier alpha value is -0.880. The predicted molar refractivity (Wildman–Crippen MR) is 88.9 cm³/mol.